The Morgan fingerprint density at radius 1 is 0.762 bits per heavy atom. The number of carboxylic acids is 1. The van der Waals surface area contributed by atoms with Gasteiger partial charge in [-0.3, -0.25) is 4.79 Å². The van der Waals surface area contributed by atoms with Crippen LogP contribution in [0.25, 0.3) is 11.1 Å². The third kappa shape index (κ3) is 5.07. The Morgan fingerprint density at radius 3 is 1.52 bits per heavy atom. The molecule has 0 atom stereocenters. The smallest absolute Gasteiger partial charge is 0.306 e. The van der Waals surface area contributed by atoms with Crippen LogP contribution >= 0.6 is 0 Å². The molecule has 0 unspecified atom stereocenters. The third-order valence-electron chi connectivity index (χ3n) is 3.84. The molecule has 2 aromatic carbocycles. The van der Waals surface area contributed by atoms with Gasteiger partial charge in [0.15, 0.2) is 0 Å². The molecule has 0 bridgehead atoms. The highest BCUT2D eigenvalue weighted by molar-refractivity contribution is 5.69. The van der Waals surface area contributed by atoms with Gasteiger partial charge in [0.05, 0.1) is 5.92 Å². The van der Waals surface area contributed by atoms with Gasteiger partial charge in [0.25, 0.3) is 0 Å². The molecule has 0 saturated heterocycles. The van der Waals surface area contributed by atoms with Crippen molar-refractivity contribution in [3.05, 3.63) is 60.7 Å². The van der Waals surface area contributed by atoms with Crippen LogP contribution < -0.4 is 0 Å². The van der Waals surface area contributed by atoms with Crippen molar-refractivity contribution < 1.29 is 9.90 Å². The van der Waals surface area contributed by atoms with Gasteiger partial charge in [0.2, 0.25) is 0 Å². The molecule has 0 heterocycles. The summed E-state index contributed by atoms with van der Waals surface area (Å²) >= 11 is 0. The van der Waals surface area contributed by atoms with E-state index < -0.39 is 5.97 Å². The molecule has 2 nitrogen and oxygen atoms in total. The monoisotopic (exact) mass is 282 g/mol. The Labute approximate surface area is 126 Å². The molecule has 1 aliphatic rings. The van der Waals surface area contributed by atoms with Crippen LogP contribution in [0.1, 0.15) is 32.1 Å². The quantitative estimate of drug-likeness (QED) is 0.841. The first-order valence-electron chi connectivity index (χ1n) is 7.60. The van der Waals surface area contributed by atoms with E-state index in [0.717, 1.165) is 25.7 Å². The standard InChI is InChI=1S/C12H10.C7H12O2/c1-3-7-11(8-4-1)12-9-5-2-6-10-12;8-7(9)6-4-2-1-3-5-6/h1-10H;6H,1-5H2,(H,8,9). The lowest BCUT2D eigenvalue weighted by Gasteiger charge is -2.16. The van der Waals surface area contributed by atoms with Crippen LogP contribution in [0.5, 0.6) is 0 Å². The van der Waals surface area contributed by atoms with Gasteiger partial charge >= 0.3 is 5.97 Å². The highest BCUT2D eigenvalue weighted by Gasteiger charge is 2.19. The second-order valence-corrected chi connectivity index (χ2v) is 5.41. The predicted molar refractivity (Wildman–Crippen MR) is 86.1 cm³/mol. The van der Waals surface area contributed by atoms with Crippen LogP contribution in [0, 0.1) is 5.92 Å². The van der Waals surface area contributed by atoms with Gasteiger partial charge in [-0.25, -0.2) is 0 Å². The van der Waals surface area contributed by atoms with Crippen molar-refractivity contribution in [2.75, 3.05) is 0 Å². The zero-order chi connectivity index (χ0) is 14.9. The maximum Gasteiger partial charge on any atom is 0.306 e. The summed E-state index contributed by atoms with van der Waals surface area (Å²) in [6.45, 7) is 0. The van der Waals surface area contributed by atoms with Crippen LogP contribution in [-0.4, -0.2) is 11.1 Å². The topological polar surface area (TPSA) is 37.3 Å². The maximum absolute atomic E-state index is 10.4. The van der Waals surface area contributed by atoms with Crippen LogP contribution in [-0.2, 0) is 4.79 Å². The molecule has 1 N–H and O–H groups in total. The summed E-state index contributed by atoms with van der Waals surface area (Å²) in [5.74, 6) is -0.631. The van der Waals surface area contributed by atoms with E-state index in [-0.39, 0.29) is 5.92 Å². The van der Waals surface area contributed by atoms with Gasteiger partial charge < -0.3 is 5.11 Å². The lowest BCUT2D eigenvalue weighted by molar-refractivity contribution is -0.142. The minimum Gasteiger partial charge on any atom is -0.481 e. The Balaban J connectivity index is 0.000000161. The molecule has 0 radical (unpaired) electrons. The van der Waals surface area contributed by atoms with Crippen molar-refractivity contribution in [1.82, 2.24) is 0 Å². The molecule has 1 saturated carbocycles. The molecule has 110 valence electrons. The molecule has 0 aromatic heterocycles. The third-order valence-corrected chi connectivity index (χ3v) is 3.84. The van der Waals surface area contributed by atoms with E-state index in [1.807, 2.05) is 12.1 Å². The number of carbonyl (C=O) groups is 1. The Morgan fingerprint density at radius 2 is 1.19 bits per heavy atom. The number of aliphatic carboxylic acids is 1. The summed E-state index contributed by atoms with van der Waals surface area (Å²) in [6.07, 6.45) is 5.24. The highest BCUT2D eigenvalue weighted by atomic mass is 16.4. The van der Waals surface area contributed by atoms with Crippen molar-refractivity contribution in [3.63, 3.8) is 0 Å². The van der Waals surface area contributed by atoms with Crippen molar-refractivity contribution in [1.29, 1.82) is 0 Å². The zero-order valence-corrected chi connectivity index (χ0v) is 12.2. The van der Waals surface area contributed by atoms with Crippen LogP contribution in [0.2, 0.25) is 0 Å². The van der Waals surface area contributed by atoms with Gasteiger partial charge in [-0.15, -0.1) is 0 Å². The second kappa shape index (κ2) is 8.25. The summed E-state index contributed by atoms with van der Waals surface area (Å²) in [6, 6.07) is 20.8. The van der Waals surface area contributed by atoms with E-state index in [1.165, 1.54) is 17.5 Å². The molecule has 3 rings (SSSR count). The van der Waals surface area contributed by atoms with E-state index in [2.05, 4.69) is 48.5 Å². The van der Waals surface area contributed by atoms with Gasteiger partial charge in [0, 0.05) is 0 Å². The number of hydrogen-bond acceptors (Lipinski definition) is 1. The SMILES string of the molecule is O=C(O)C1CCCCC1.c1ccc(-c2ccccc2)cc1. The van der Waals surface area contributed by atoms with Crippen LogP contribution in [0.4, 0.5) is 0 Å². The summed E-state index contributed by atoms with van der Waals surface area (Å²) in [5.41, 5.74) is 2.55. The molecule has 21 heavy (non-hydrogen) atoms. The predicted octanol–water partition coefficient (Wildman–Crippen LogP) is 5.00. The van der Waals surface area contributed by atoms with E-state index >= 15 is 0 Å². The average molecular weight is 282 g/mol. The van der Waals surface area contributed by atoms with Crippen molar-refractivity contribution in [3.8, 4) is 11.1 Å². The molecule has 2 heteroatoms. The minimum atomic E-state index is -0.602. The molecule has 1 aliphatic carbocycles. The van der Waals surface area contributed by atoms with Crippen molar-refractivity contribution in [2.45, 2.75) is 32.1 Å². The second-order valence-electron chi connectivity index (χ2n) is 5.41. The fraction of sp³-hybridized carbons (Fsp3) is 0.316. The van der Waals surface area contributed by atoms with Crippen LogP contribution in [0.3, 0.4) is 0 Å². The molecule has 2 aromatic rings. The maximum atomic E-state index is 10.4. The highest BCUT2D eigenvalue weighted by Crippen LogP contribution is 2.23. The summed E-state index contributed by atoms with van der Waals surface area (Å²) in [5, 5.41) is 8.54. The van der Waals surface area contributed by atoms with Crippen molar-refractivity contribution >= 4 is 5.97 Å². The Kier molecular flexibility index (Phi) is 6.01. The first kappa shape index (κ1) is 15.3. The Bertz CT molecular complexity index is 491. The summed E-state index contributed by atoms with van der Waals surface area (Å²) < 4.78 is 0. The number of rotatable bonds is 2. The first-order chi connectivity index (χ1) is 10.3. The molecule has 1 fully saturated rings. The van der Waals surface area contributed by atoms with E-state index in [9.17, 15) is 4.79 Å². The lowest BCUT2D eigenvalue weighted by Crippen LogP contribution is -2.16. The molecular formula is C19H22O2. The van der Waals surface area contributed by atoms with E-state index in [4.69, 9.17) is 5.11 Å². The number of benzene rings is 2. The minimum absolute atomic E-state index is 0.0289. The van der Waals surface area contributed by atoms with Gasteiger partial charge in [-0.2, -0.15) is 0 Å². The van der Waals surface area contributed by atoms with E-state index in [0.29, 0.717) is 0 Å². The Hall–Kier alpha value is -2.09. The van der Waals surface area contributed by atoms with Crippen molar-refractivity contribution in [2.24, 2.45) is 5.92 Å². The largest absolute Gasteiger partial charge is 0.481 e. The zero-order valence-electron chi connectivity index (χ0n) is 12.2. The average Bonchev–Trinajstić information content (AvgIpc) is 2.58. The number of hydrogen-bond donors (Lipinski definition) is 1. The fourth-order valence-electron chi connectivity index (χ4n) is 2.61. The summed E-state index contributed by atoms with van der Waals surface area (Å²) in [4.78, 5) is 10.4. The molecule has 0 aliphatic heterocycles. The number of carboxylic acid groups (broad SMARTS) is 1. The lowest BCUT2D eigenvalue weighted by atomic mass is 9.90. The molecule has 0 spiro atoms. The van der Waals surface area contributed by atoms with Crippen LogP contribution in [0.15, 0.2) is 60.7 Å². The molecule has 0 amide bonds. The molecular weight excluding hydrogens is 260 g/mol. The van der Waals surface area contributed by atoms with E-state index in [1.54, 1.807) is 0 Å². The summed E-state index contributed by atoms with van der Waals surface area (Å²) in [7, 11) is 0. The van der Waals surface area contributed by atoms with Gasteiger partial charge in [0.1, 0.15) is 0 Å². The van der Waals surface area contributed by atoms with Gasteiger partial charge in [-0.05, 0) is 24.0 Å². The fourth-order valence-corrected chi connectivity index (χ4v) is 2.61. The first-order valence-corrected chi connectivity index (χ1v) is 7.60. The normalized spacial score (nSPS) is 14.9. The van der Waals surface area contributed by atoms with Gasteiger partial charge in [-0.1, -0.05) is 79.9 Å².